The van der Waals surface area contributed by atoms with Gasteiger partial charge in [0.05, 0.1) is 6.61 Å². The smallest absolute Gasteiger partial charge is 0.297 e. The first kappa shape index (κ1) is 12.9. The summed E-state index contributed by atoms with van der Waals surface area (Å²) in [7, 11) is 0. The Labute approximate surface area is 102 Å². The third-order valence-corrected chi connectivity index (χ3v) is 2.87. The van der Waals surface area contributed by atoms with Crippen LogP contribution >= 0.6 is 0 Å². The van der Waals surface area contributed by atoms with Crippen LogP contribution in [-0.4, -0.2) is 41.1 Å². The Balaban J connectivity index is 2.27. The van der Waals surface area contributed by atoms with Crippen LogP contribution in [0.4, 0.5) is 4.39 Å². The molecule has 0 aromatic carbocycles. The average Bonchev–Trinajstić information content (AvgIpc) is 2.66. The molecule has 7 heteroatoms. The lowest BCUT2D eigenvalue weighted by molar-refractivity contribution is -0.764. The lowest BCUT2D eigenvalue weighted by Gasteiger charge is -2.08. The molecule has 0 spiro atoms. The van der Waals surface area contributed by atoms with Crippen molar-refractivity contribution >= 4 is 5.91 Å². The number of nitrogens with two attached hydrogens (primary N) is 1. The standard InChI is InChI=1S/C11H13FN2O4/c12-8-9(16)7(5-15)18-11(8)14-3-1-2-6(4-14)10(13)17/h1-4,7-9,11,15-16H,5H2,(H-,13,17)/p+1/t7-,8?,9+,11?/m1/s1. The molecule has 6 nitrogen and oxygen atoms in total. The number of carbonyl (C=O) groups excluding carboxylic acids is 1. The predicted molar refractivity (Wildman–Crippen MR) is 57.1 cm³/mol. The van der Waals surface area contributed by atoms with E-state index >= 15 is 0 Å². The number of primary amides is 1. The van der Waals surface area contributed by atoms with Crippen LogP contribution in [0, 0.1) is 0 Å². The van der Waals surface area contributed by atoms with Crippen LogP contribution in [0.5, 0.6) is 0 Å². The minimum Gasteiger partial charge on any atom is -0.394 e. The van der Waals surface area contributed by atoms with E-state index in [1.54, 1.807) is 0 Å². The minimum atomic E-state index is -1.68. The highest BCUT2D eigenvalue weighted by atomic mass is 19.1. The van der Waals surface area contributed by atoms with Gasteiger partial charge in [-0.1, -0.05) is 0 Å². The zero-order valence-corrected chi connectivity index (χ0v) is 9.44. The lowest BCUT2D eigenvalue weighted by Crippen LogP contribution is -2.45. The molecule has 1 amide bonds. The second-order valence-corrected chi connectivity index (χ2v) is 4.09. The van der Waals surface area contributed by atoms with Gasteiger partial charge in [-0.2, -0.15) is 4.57 Å². The van der Waals surface area contributed by atoms with Gasteiger partial charge in [0, 0.05) is 6.07 Å². The number of hydrogen-bond acceptors (Lipinski definition) is 4. The number of amides is 1. The summed E-state index contributed by atoms with van der Waals surface area (Å²) >= 11 is 0. The Bertz CT molecular complexity index is 456. The average molecular weight is 257 g/mol. The number of aliphatic hydroxyl groups is 2. The van der Waals surface area contributed by atoms with Crippen molar-refractivity contribution in [3.05, 3.63) is 30.1 Å². The molecule has 0 aliphatic carbocycles. The Morgan fingerprint density at radius 1 is 1.61 bits per heavy atom. The number of aliphatic hydroxyl groups excluding tert-OH is 2. The first-order valence-electron chi connectivity index (χ1n) is 5.43. The molecule has 0 radical (unpaired) electrons. The molecule has 1 aromatic rings. The van der Waals surface area contributed by atoms with Gasteiger partial charge in [-0.25, -0.2) is 4.39 Å². The van der Waals surface area contributed by atoms with Gasteiger partial charge in [0.2, 0.25) is 6.17 Å². The summed E-state index contributed by atoms with van der Waals surface area (Å²) in [6, 6.07) is 3.01. The molecule has 2 rings (SSSR count). The van der Waals surface area contributed by atoms with E-state index in [1.165, 1.54) is 29.1 Å². The van der Waals surface area contributed by atoms with E-state index in [1.807, 2.05) is 0 Å². The number of carbonyl (C=O) groups is 1. The topological polar surface area (TPSA) is 96.7 Å². The van der Waals surface area contributed by atoms with Gasteiger partial charge in [-0.3, -0.25) is 4.79 Å². The van der Waals surface area contributed by atoms with Gasteiger partial charge in [0.25, 0.3) is 12.1 Å². The van der Waals surface area contributed by atoms with Crippen molar-refractivity contribution in [3.8, 4) is 0 Å². The number of nitrogens with zero attached hydrogens (tertiary/aromatic N) is 1. The summed E-state index contributed by atoms with van der Waals surface area (Å²) in [6.07, 6.45) is -2.31. The number of alkyl halides is 1. The summed E-state index contributed by atoms with van der Waals surface area (Å²) in [4.78, 5) is 11.0. The predicted octanol–water partition coefficient (Wildman–Crippen LogP) is -1.34. The van der Waals surface area contributed by atoms with Crippen molar-refractivity contribution in [2.24, 2.45) is 5.73 Å². The van der Waals surface area contributed by atoms with Gasteiger partial charge < -0.3 is 20.7 Å². The van der Waals surface area contributed by atoms with Crippen LogP contribution in [-0.2, 0) is 4.74 Å². The number of aromatic nitrogens is 1. The molecule has 1 aliphatic heterocycles. The van der Waals surface area contributed by atoms with Crippen LogP contribution in [0.25, 0.3) is 0 Å². The van der Waals surface area contributed by atoms with Crippen LogP contribution in [0.1, 0.15) is 16.6 Å². The van der Waals surface area contributed by atoms with E-state index in [0.29, 0.717) is 0 Å². The summed E-state index contributed by atoms with van der Waals surface area (Å²) < 4.78 is 20.3. The molecule has 0 bridgehead atoms. The molecule has 2 unspecified atom stereocenters. The summed E-state index contributed by atoms with van der Waals surface area (Å²) in [5.41, 5.74) is 5.32. The first-order valence-corrected chi connectivity index (χ1v) is 5.43. The van der Waals surface area contributed by atoms with E-state index < -0.39 is 37.1 Å². The molecule has 1 fully saturated rings. The second-order valence-electron chi connectivity index (χ2n) is 4.09. The Morgan fingerprint density at radius 3 is 2.89 bits per heavy atom. The number of rotatable bonds is 3. The first-order chi connectivity index (χ1) is 8.54. The zero-order chi connectivity index (χ0) is 13.3. The van der Waals surface area contributed by atoms with Crippen LogP contribution < -0.4 is 10.3 Å². The van der Waals surface area contributed by atoms with Crippen LogP contribution in [0.15, 0.2) is 24.5 Å². The Hall–Kier alpha value is -1.57. The number of ether oxygens (including phenoxy) is 1. The number of hydrogen-bond donors (Lipinski definition) is 3. The normalized spacial score (nSPS) is 31.5. The molecule has 2 heterocycles. The molecule has 98 valence electrons. The maximum absolute atomic E-state index is 13.8. The van der Waals surface area contributed by atoms with Gasteiger partial charge in [-0.15, -0.1) is 0 Å². The van der Waals surface area contributed by atoms with Gasteiger partial charge >= 0.3 is 0 Å². The number of halogens is 1. The molecular formula is C11H14FN2O4+. The summed E-state index contributed by atoms with van der Waals surface area (Å²) in [5, 5.41) is 18.4. The largest absolute Gasteiger partial charge is 0.394 e. The van der Waals surface area contributed by atoms with E-state index in [9.17, 15) is 14.3 Å². The maximum Gasteiger partial charge on any atom is 0.297 e. The van der Waals surface area contributed by atoms with E-state index in [0.717, 1.165) is 0 Å². The van der Waals surface area contributed by atoms with Crippen LogP contribution in [0.2, 0.25) is 0 Å². The highest BCUT2D eigenvalue weighted by Crippen LogP contribution is 2.27. The third-order valence-electron chi connectivity index (χ3n) is 2.87. The molecule has 4 atom stereocenters. The highest BCUT2D eigenvalue weighted by Gasteiger charge is 2.49. The fourth-order valence-corrected chi connectivity index (χ4v) is 1.89. The van der Waals surface area contributed by atoms with Crippen molar-refractivity contribution in [3.63, 3.8) is 0 Å². The SMILES string of the molecule is NC(=O)c1ccc[n+](C2O[C@H](CO)[C@H](O)C2F)c1. The van der Waals surface area contributed by atoms with E-state index in [4.69, 9.17) is 15.6 Å². The van der Waals surface area contributed by atoms with Gasteiger partial charge in [0.1, 0.15) is 17.8 Å². The molecule has 18 heavy (non-hydrogen) atoms. The van der Waals surface area contributed by atoms with Crippen molar-refractivity contribution in [2.75, 3.05) is 6.61 Å². The van der Waals surface area contributed by atoms with Crippen LogP contribution in [0.3, 0.4) is 0 Å². The summed E-state index contributed by atoms with van der Waals surface area (Å²) in [5.74, 6) is -0.642. The molecule has 1 saturated heterocycles. The second kappa shape index (κ2) is 4.97. The highest BCUT2D eigenvalue weighted by molar-refractivity contribution is 5.92. The minimum absolute atomic E-state index is 0.204. The van der Waals surface area contributed by atoms with Crippen molar-refractivity contribution in [1.29, 1.82) is 0 Å². The van der Waals surface area contributed by atoms with Crippen molar-refractivity contribution in [1.82, 2.24) is 0 Å². The quantitative estimate of drug-likeness (QED) is 0.584. The molecule has 1 aliphatic rings. The molecular weight excluding hydrogens is 243 g/mol. The van der Waals surface area contributed by atoms with E-state index in [-0.39, 0.29) is 5.56 Å². The van der Waals surface area contributed by atoms with Gasteiger partial charge in [-0.05, 0) is 6.07 Å². The number of pyridine rings is 1. The lowest BCUT2D eigenvalue weighted by atomic mass is 10.1. The Kier molecular flexibility index (Phi) is 3.55. The zero-order valence-electron chi connectivity index (χ0n) is 9.44. The summed E-state index contributed by atoms with van der Waals surface area (Å²) in [6.45, 7) is -0.478. The van der Waals surface area contributed by atoms with Crippen molar-refractivity contribution in [2.45, 2.75) is 24.6 Å². The molecule has 4 N–H and O–H groups in total. The fraction of sp³-hybridized carbons (Fsp3) is 0.455. The Morgan fingerprint density at radius 2 is 2.33 bits per heavy atom. The molecule has 0 saturated carbocycles. The maximum atomic E-state index is 13.8. The fourth-order valence-electron chi connectivity index (χ4n) is 1.89. The van der Waals surface area contributed by atoms with E-state index in [2.05, 4.69) is 0 Å². The third kappa shape index (κ3) is 2.20. The van der Waals surface area contributed by atoms with Gasteiger partial charge in [0.15, 0.2) is 12.4 Å². The monoisotopic (exact) mass is 257 g/mol. The molecule has 1 aromatic heterocycles. The van der Waals surface area contributed by atoms with Crippen molar-refractivity contribution < 1.29 is 28.7 Å².